The summed E-state index contributed by atoms with van der Waals surface area (Å²) in [4.78, 5) is 2.46. The molecular formula is C17H28N2O. The Kier molecular flexibility index (Phi) is 5.06. The number of hydrogen-bond acceptors (Lipinski definition) is 3. The largest absolute Gasteiger partial charge is 0.372 e. The van der Waals surface area contributed by atoms with Crippen LogP contribution in [0.5, 0.6) is 0 Å². The molecule has 1 heterocycles. The average Bonchev–Trinajstić information content (AvgIpc) is 2.43. The van der Waals surface area contributed by atoms with E-state index >= 15 is 0 Å². The SMILES string of the molecule is CCCNC(C)c1ccccc1N1CCOC(C)(C)C1. The van der Waals surface area contributed by atoms with Gasteiger partial charge in [-0.3, -0.25) is 0 Å². The summed E-state index contributed by atoms with van der Waals surface area (Å²) in [6, 6.07) is 9.13. The van der Waals surface area contributed by atoms with Gasteiger partial charge in [0.25, 0.3) is 0 Å². The smallest absolute Gasteiger partial charge is 0.0801 e. The second-order valence-corrected chi connectivity index (χ2v) is 6.26. The first-order valence-corrected chi connectivity index (χ1v) is 7.75. The number of morpholine rings is 1. The lowest BCUT2D eigenvalue weighted by molar-refractivity contribution is -0.0277. The maximum atomic E-state index is 5.82. The van der Waals surface area contributed by atoms with Gasteiger partial charge in [-0.1, -0.05) is 25.1 Å². The number of nitrogens with one attached hydrogen (secondary N) is 1. The van der Waals surface area contributed by atoms with Gasteiger partial charge in [0.2, 0.25) is 0 Å². The van der Waals surface area contributed by atoms with Gasteiger partial charge in [-0.05, 0) is 45.4 Å². The van der Waals surface area contributed by atoms with Crippen LogP contribution in [0.3, 0.4) is 0 Å². The molecular weight excluding hydrogens is 248 g/mol. The zero-order valence-electron chi connectivity index (χ0n) is 13.3. The van der Waals surface area contributed by atoms with Crippen LogP contribution in [0, 0.1) is 0 Å². The topological polar surface area (TPSA) is 24.5 Å². The summed E-state index contributed by atoms with van der Waals surface area (Å²) in [5.74, 6) is 0. The van der Waals surface area contributed by atoms with E-state index in [1.165, 1.54) is 11.3 Å². The van der Waals surface area contributed by atoms with E-state index in [-0.39, 0.29) is 5.60 Å². The third-order valence-corrected chi connectivity index (χ3v) is 3.87. The fourth-order valence-electron chi connectivity index (χ4n) is 2.83. The molecule has 3 nitrogen and oxygen atoms in total. The number of rotatable bonds is 5. The van der Waals surface area contributed by atoms with Crippen LogP contribution in [0.15, 0.2) is 24.3 Å². The fraction of sp³-hybridized carbons (Fsp3) is 0.647. The number of hydrogen-bond donors (Lipinski definition) is 1. The van der Waals surface area contributed by atoms with Gasteiger partial charge < -0.3 is 15.0 Å². The highest BCUT2D eigenvalue weighted by Crippen LogP contribution is 2.29. The highest BCUT2D eigenvalue weighted by Gasteiger charge is 2.28. The molecule has 20 heavy (non-hydrogen) atoms. The van der Waals surface area contributed by atoms with Gasteiger partial charge in [0.1, 0.15) is 0 Å². The van der Waals surface area contributed by atoms with Crippen molar-refractivity contribution < 1.29 is 4.74 Å². The Hall–Kier alpha value is -1.06. The summed E-state index contributed by atoms with van der Waals surface area (Å²) in [5, 5.41) is 3.59. The molecule has 1 N–H and O–H groups in total. The molecule has 1 aromatic carbocycles. The first-order chi connectivity index (χ1) is 9.53. The van der Waals surface area contributed by atoms with Gasteiger partial charge in [0, 0.05) is 24.8 Å². The molecule has 2 rings (SSSR count). The summed E-state index contributed by atoms with van der Waals surface area (Å²) in [7, 11) is 0. The van der Waals surface area contributed by atoms with E-state index in [0.29, 0.717) is 6.04 Å². The molecule has 1 atom stereocenters. The molecule has 0 saturated carbocycles. The number of benzene rings is 1. The molecule has 0 amide bonds. The van der Waals surface area contributed by atoms with Gasteiger partial charge in [-0.25, -0.2) is 0 Å². The van der Waals surface area contributed by atoms with Gasteiger partial charge in [-0.15, -0.1) is 0 Å². The first-order valence-electron chi connectivity index (χ1n) is 7.75. The summed E-state index contributed by atoms with van der Waals surface area (Å²) in [6.45, 7) is 12.6. The van der Waals surface area contributed by atoms with Crippen LogP contribution in [0.1, 0.15) is 45.7 Å². The molecule has 0 bridgehead atoms. The van der Waals surface area contributed by atoms with Crippen LogP contribution < -0.4 is 10.2 Å². The first kappa shape index (κ1) is 15.3. The van der Waals surface area contributed by atoms with Crippen molar-refractivity contribution >= 4 is 5.69 Å². The summed E-state index contributed by atoms with van der Waals surface area (Å²) >= 11 is 0. The quantitative estimate of drug-likeness (QED) is 0.892. The molecule has 1 aliphatic heterocycles. The molecule has 0 aromatic heterocycles. The Morgan fingerprint density at radius 1 is 1.35 bits per heavy atom. The van der Waals surface area contributed by atoms with Crippen molar-refractivity contribution in [2.75, 3.05) is 31.1 Å². The van der Waals surface area contributed by atoms with E-state index in [4.69, 9.17) is 4.74 Å². The van der Waals surface area contributed by atoms with E-state index in [1.807, 2.05) is 0 Å². The normalized spacial score (nSPS) is 19.9. The Morgan fingerprint density at radius 2 is 2.10 bits per heavy atom. The van der Waals surface area contributed by atoms with Crippen LogP contribution >= 0.6 is 0 Å². The number of ether oxygens (including phenoxy) is 1. The highest BCUT2D eigenvalue weighted by atomic mass is 16.5. The van der Waals surface area contributed by atoms with Crippen LogP contribution in [0.25, 0.3) is 0 Å². The Bertz CT molecular complexity index is 431. The minimum Gasteiger partial charge on any atom is -0.372 e. The fourth-order valence-corrected chi connectivity index (χ4v) is 2.83. The third kappa shape index (κ3) is 3.74. The van der Waals surface area contributed by atoms with Crippen LogP contribution in [-0.2, 0) is 4.74 Å². The van der Waals surface area contributed by atoms with E-state index in [0.717, 1.165) is 32.7 Å². The van der Waals surface area contributed by atoms with Crippen molar-refractivity contribution in [2.24, 2.45) is 0 Å². The van der Waals surface area contributed by atoms with Crippen molar-refractivity contribution in [3.8, 4) is 0 Å². The van der Waals surface area contributed by atoms with Crippen molar-refractivity contribution in [3.05, 3.63) is 29.8 Å². The minimum absolute atomic E-state index is 0.0640. The molecule has 0 aliphatic carbocycles. The second kappa shape index (κ2) is 6.59. The van der Waals surface area contributed by atoms with Crippen molar-refractivity contribution in [2.45, 2.75) is 45.8 Å². The minimum atomic E-state index is -0.0640. The third-order valence-electron chi connectivity index (χ3n) is 3.87. The second-order valence-electron chi connectivity index (χ2n) is 6.26. The van der Waals surface area contributed by atoms with Gasteiger partial charge in [0.15, 0.2) is 0 Å². The van der Waals surface area contributed by atoms with E-state index in [9.17, 15) is 0 Å². The Labute approximate surface area is 123 Å². The van der Waals surface area contributed by atoms with E-state index in [2.05, 4.69) is 62.2 Å². The molecule has 0 spiro atoms. The van der Waals surface area contributed by atoms with Gasteiger partial charge in [-0.2, -0.15) is 0 Å². The summed E-state index contributed by atoms with van der Waals surface area (Å²) in [6.07, 6.45) is 1.16. The Morgan fingerprint density at radius 3 is 2.80 bits per heavy atom. The van der Waals surface area contributed by atoms with E-state index in [1.54, 1.807) is 0 Å². The number of nitrogens with zero attached hydrogens (tertiary/aromatic N) is 1. The molecule has 1 fully saturated rings. The summed E-state index contributed by atoms with van der Waals surface area (Å²) in [5.41, 5.74) is 2.67. The van der Waals surface area contributed by atoms with Gasteiger partial charge in [0.05, 0.1) is 12.2 Å². The molecule has 112 valence electrons. The molecule has 1 unspecified atom stereocenters. The van der Waals surface area contributed by atoms with Gasteiger partial charge >= 0.3 is 0 Å². The van der Waals surface area contributed by atoms with Crippen molar-refractivity contribution in [3.63, 3.8) is 0 Å². The molecule has 1 saturated heterocycles. The lowest BCUT2D eigenvalue weighted by Crippen LogP contribution is -2.48. The molecule has 0 radical (unpaired) electrons. The lowest BCUT2D eigenvalue weighted by Gasteiger charge is -2.40. The number of para-hydroxylation sites is 1. The maximum Gasteiger partial charge on any atom is 0.0801 e. The zero-order chi connectivity index (χ0) is 14.6. The highest BCUT2D eigenvalue weighted by molar-refractivity contribution is 5.55. The van der Waals surface area contributed by atoms with Crippen molar-refractivity contribution in [1.82, 2.24) is 5.32 Å². The lowest BCUT2D eigenvalue weighted by atomic mass is 10.0. The molecule has 1 aromatic rings. The van der Waals surface area contributed by atoms with Crippen LogP contribution in [0.4, 0.5) is 5.69 Å². The predicted octanol–water partition coefficient (Wildman–Crippen LogP) is 3.36. The standard InChI is InChI=1S/C17H28N2O/c1-5-10-18-14(2)15-8-6-7-9-16(15)19-11-12-20-17(3,4)13-19/h6-9,14,18H,5,10-13H2,1-4H3. The maximum absolute atomic E-state index is 5.82. The number of anilines is 1. The Balaban J connectivity index is 2.18. The predicted molar refractivity (Wildman–Crippen MR) is 85.4 cm³/mol. The zero-order valence-corrected chi connectivity index (χ0v) is 13.3. The molecule has 1 aliphatic rings. The van der Waals surface area contributed by atoms with E-state index < -0.39 is 0 Å². The monoisotopic (exact) mass is 276 g/mol. The average molecular weight is 276 g/mol. The summed E-state index contributed by atoms with van der Waals surface area (Å²) < 4.78 is 5.82. The van der Waals surface area contributed by atoms with Crippen molar-refractivity contribution in [1.29, 1.82) is 0 Å². The van der Waals surface area contributed by atoms with Crippen LogP contribution in [-0.4, -0.2) is 31.8 Å². The van der Waals surface area contributed by atoms with Crippen LogP contribution in [0.2, 0.25) is 0 Å². The molecule has 3 heteroatoms.